The van der Waals surface area contributed by atoms with E-state index >= 15 is 0 Å². The normalized spacial score (nSPS) is 11.7. The molecular formula is C14H11F2N3. The summed E-state index contributed by atoms with van der Waals surface area (Å²) in [5.74, 6) is -0.686. The lowest BCUT2D eigenvalue weighted by molar-refractivity contribution is 0.566. The number of halogens is 2. The Morgan fingerprint density at radius 2 is 2.05 bits per heavy atom. The molecular weight excluding hydrogens is 248 g/mol. The van der Waals surface area contributed by atoms with Crippen LogP contribution < -0.4 is 5.32 Å². The van der Waals surface area contributed by atoms with E-state index in [-0.39, 0.29) is 6.04 Å². The van der Waals surface area contributed by atoms with E-state index in [1.54, 1.807) is 19.1 Å². The van der Waals surface area contributed by atoms with Gasteiger partial charge in [-0.05, 0) is 25.1 Å². The largest absolute Gasteiger partial charge is 0.363 e. The number of anilines is 1. The molecule has 0 aliphatic heterocycles. The van der Waals surface area contributed by atoms with E-state index < -0.39 is 11.6 Å². The average molecular weight is 259 g/mol. The first-order chi connectivity index (χ1) is 9.10. The van der Waals surface area contributed by atoms with Crippen LogP contribution in [0.1, 0.15) is 24.1 Å². The zero-order valence-corrected chi connectivity index (χ0v) is 10.2. The molecule has 0 saturated carbocycles. The van der Waals surface area contributed by atoms with Gasteiger partial charge in [-0.2, -0.15) is 5.26 Å². The molecule has 2 rings (SSSR count). The molecule has 0 aliphatic rings. The van der Waals surface area contributed by atoms with Gasteiger partial charge in [-0.1, -0.05) is 6.07 Å². The van der Waals surface area contributed by atoms with Crippen LogP contribution >= 0.6 is 0 Å². The Hall–Kier alpha value is -2.48. The third-order valence-corrected chi connectivity index (χ3v) is 2.69. The van der Waals surface area contributed by atoms with E-state index in [1.807, 2.05) is 6.07 Å². The van der Waals surface area contributed by atoms with Gasteiger partial charge in [0, 0.05) is 17.8 Å². The third-order valence-electron chi connectivity index (χ3n) is 2.69. The predicted molar refractivity (Wildman–Crippen MR) is 67.3 cm³/mol. The summed E-state index contributed by atoms with van der Waals surface area (Å²) in [6.45, 7) is 1.75. The number of hydrogen-bond donors (Lipinski definition) is 1. The van der Waals surface area contributed by atoms with Crippen LogP contribution in [0.4, 0.5) is 14.6 Å². The number of nitrogens with one attached hydrogen (secondary N) is 1. The molecule has 2 aromatic rings. The first kappa shape index (κ1) is 13.0. The van der Waals surface area contributed by atoms with Crippen molar-refractivity contribution in [3.05, 3.63) is 59.3 Å². The molecule has 0 aliphatic carbocycles. The minimum atomic E-state index is -0.607. The smallest absolute Gasteiger partial charge is 0.131 e. The first-order valence-electron chi connectivity index (χ1n) is 5.68. The number of aromatic nitrogens is 1. The second kappa shape index (κ2) is 5.44. The minimum absolute atomic E-state index is 0.354. The van der Waals surface area contributed by atoms with Crippen molar-refractivity contribution in [2.75, 3.05) is 5.32 Å². The van der Waals surface area contributed by atoms with Gasteiger partial charge in [-0.3, -0.25) is 0 Å². The van der Waals surface area contributed by atoms with Crippen LogP contribution in [0, 0.1) is 23.0 Å². The number of pyridine rings is 1. The van der Waals surface area contributed by atoms with E-state index in [0.29, 0.717) is 16.9 Å². The van der Waals surface area contributed by atoms with Crippen LogP contribution in [-0.4, -0.2) is 4.98 Å². The number of hydrogen-bond acceptors (Lipinski definition) is 3. The van der Waals surface area contributed by atoms with Crippen molar-refractivity contribution in [1.82, 2.24) is 4.98 Å². The highest BCUT2D eigenvalue weighted by molar-refractivity contribution is 5.41. The molecule has 1 aromatic heterocycles. The molecule has 0 saturated heterocycles. The first-order valence-corrected chi connectivity index (χ1v) is 5.68. The van der Waals surface area contributed by atoms with Gasteiger partial charge in [-0.15, -0.1) is 0 Å². The SMILES string of the molecule is C[C@H](Nc1ccc(C#N)cn1)c1ccc(F)cc1F. The van der Waals surface area contributed by atoms with Gasteiger partial charge in [0.15, 0.2) is 0 Å². The van der Waals surface area contributed by atoms with Crippen LogP contribution in [0.25, 0.3) is 0 Å². The van der Waals surface area contributed by atoms with Crippen molar-refractivity contribution in [2.24, 2.45) is 0 Å². The van der Waals surface area contributed by atoms with Gasteiger partial charge in [0.25, 0.3) is 0 Å². The van der Waals surface area contributed by atoms with Crippen LogP contribution in [0.2, 0.25) is 0 Å². The van der Waals surface area contributed by atoms with Gasteiger partial charge in [0.05, 0.1) is 11.6 Å². The molecule has 3 nitrogen and oxygen atoms in total. The lowest BCUT2D eigenvalue weighted by atomic mass is 10.1. The van der Waals surface area contributed by atoms with E-state index in [9.17, 15) is 8.78 Å². The number of benzene rings is 1. The topological polar surface area (TPSA) is 48.7 Å². The molecule has 0 amide bonds. The zero-order valence-electron chi connectivity index (χ0n) is 10.2. The fourth-order valence-corrected chi connectivity index (χ4v) is 1.70. The Balaban J connectivity index is 2.16. The van der Waals surface area contributed by atoms with Crippen molar-refractivity contribution in [3.63, 3.8) is 0 Å². The van der Waals surface area contributed by atoms with Gasteiger partial charge in [0.1, 0.15) is 23.5 Å². The van der Waals surface area contributed by atoms with Crippen molar-refractivity contribution in [1.29, 1.82) is 5.26 Å². The maximum Gasteiger partial charge on any atom is 0.131 e. The summed E-state index contributed by atoms with van der Waals surface area (Å²) >= 11 is 0. The van der Waals surface area contributed by atoms with E-state index in [2.05, 4.69) is 10.3 Å². The highest BCUT2D eigenvalue weighted by atomic mass is 19.1. The fraction of sp³-hybridized carbons (Fsp3) is 0.143. The molecule has 1 heterocycles. The summed E-state index contributed by atoms with van der Waals surface area (Å²) in [5, 5.41) is 11.6. The maximum absolute atomic E-state index is 13.6. The Morgan fingerprint density at radius 3 is 2.63 bits per heavy atom. The Morgan fingerprint density at radius 1 is 1.26 bits per heavy atom. The monoisotopic (exact) mass is 259 g/mol. The molecule has 0 bridgehead atoms. The summed E-state index contributed by atoms with van der Waals surface area (Å²) in [7, 11) is 0. The maximum atomic E-state index is 13.6. The van der Waals surface area contributed by atoms with Crippen LogP contribution in [0.15, 0.2) is 36.5 Å². The second-order valence-corrected chi connectivity index (χ2v) is 4.08. The number of rotatable bonds is 3. The zero-order chi connectivity index (χ0) is 13.8. The van der Waals surface area contributed by atoms with Gasteiger partial charge < -0.3 is 5.32 Å². The predicted octanol–water partition coefficient (Wildman–Crippen LogP) is 3.40. The Labute approximate surface area is 109 Å². The number of nitrogens with zero attached hydrogens (tertiary/aromatic N) is 2. The van der Waals surface area contributed by atoms with Gasteiger partial charge in [-0.25, -0.2) is 13.8 Å². The fourth-order valence-electron chi connectivity index (χ4n) is 1.70. The summed E-state index contributed by atoms with van der Waals surface area (Å²) in [5.41, 5.74) is 0.804. The van der Waals surface area contributed by atoms with Crippen LogP contribution in [0.3, 0.4) is 0 Å². The second-order valence-electron chi connectivity index (χ2n) is 4.08. The Kier molecular flexibility index (Phi) is 3.71. The standard InChI is InChI=1S/C14H11F2N3/c1-9(12-4-3-11(15)6-13(12)16)19-14-5-2-10(7-17)8-18-14/h2-6,8-9H,1H3,(H,18,19)/t9-/m0/s1. The van der Waals surface area contributed by atoms with E-state index in [4.69, 9.17) is 5.26 Å². The quantitative estimate of drug-likeness (QED) is 0.918. The summed E-state index contributed by atoms with van der Waals surface area (Å²) in [6.07, 6.45) is 1.43. The minimum Gasteiger partial charge on any atom is -0.363 e. The molecule has 1 atom stereocenters. The number of nitriles is 1. The molecule has 1 aromatic carbocycles. The molecule has 5 heteroatoms. The summed E-state index contributed by atoms with van der Waals surface area (Å²) in [6, 6.07) is 8.30. The summed E-state index contributed by atoms with van der Waals surface area (Å²) in [4.78, 5) is 4.03. The molecule has 1 N–H and O–H groups in total. The molecule has 0 fully saturated rings. The van der Waals surface area contributed by atoms with Crippen molar-refractivity contribution >= 4 is 5.82 Å². The molecule has 96 valence electrons. The average Bonchev–Trinajstić information content (AvgIpc) is 2.39. The van der Waals surface area contributed by atoms with Crippen LogP contribution in [0.5, 0.6) is 0 Å². The lowest BCUT2D eigenvalue weighted by Gasteiger charge is -2.15. The van der Waals surface area contributed by atoms with Crippen molar-refractivity contribution < 1.29 is 8.78 Å². The molecule has 0 unspecified atom stereocenters. The molecule has 0 spiro atoms. The summed E-state index contributed by atoms with van der Waals surface area (Å²) < 4.78 is 26.4. The highest BCUT2D eigenvalue weighted by Crippen LogP contribution is 2.21. The van der Waals surface area contributed by atoms with E-state index in [0.717, 1.165) is 6.07 Å². The van der Waals surface area contributed by atoms with Crippen LogP contribution in [-0.2, 0) is 0 Å². The van der Waals surface area contributed by atoms with Gasteiger partial charge in [0.2, 0.25) is 0 Å². The van der Waals surface area contributed by atoms with E-state index in [1.165, 1.54) is 18.3 Å². The lowest BCUT2D eigenvalue weighted by Crippen LogP contribution is -2.09. The van der Waals surface area contributed by atoms with Crippen molar-refractivity contribution in [2.45, 2.75) is 13.0 Å². The third kappa shape index (κ3) is 3.05. The Bertz CT molecular complexity index is 618. The molecule has 0 radical (unpaired) electrons. The molecule has 19 heavy (non-hydrogen) atoms. The van der Waals surface area contributed by atoms with Crippen molar-refractivity contribution in [3.8, 4) is 6.07 Å². The highest BCUT2D eigenvalue weighted by Gasteiger charge is 2.12. The van der Waals surface area contributed by atoms with Gasteiger partial charge >= 0.3 is 0 Å².